The Kier molecular flexibility index (Phi) is 5.96. The lowest BCUT2D eigenvalue weighted by Crippen LogP contribution is -2.23. The highest BCUT2D eigenvalue weighted by Gasteiger charge is 2.11. The molecule has 0 radical (unpaired) electrons. The normalized spacial score (nSPS) is 12.5. The van der Waals surface area contributed by atoms with Crippen LogP contribution >= 0.6 is 0 Å². The lowest BCUT2D eigenvalue weighted by Gasteiger charge is -2.13. The minimum absolute atomic E-state index is 0.319. The maximum Gasteiger partial charge on any atom is 0.0969 e. The number of nitrogens with zero attached hydrogens (tertiary/aromatic N) is 2. The lowest BCUT2D eigenvalue weighted by atomic mass is 10.2. The molecule has 2 rings (SSSR count). The van der Waals surface area contributed by atoms with Crippen molar-refractivity contribution in [1.82, 2.24) is 9.78 Å². The SMILES string of the molecule is CCc1cc(CC)n(CC(O)COCc2ccccc2)n1. The fourth-order valence-electron chi connectivity index (χ4n) is 2.27. The number of rotatable bonds is 8. The molecular formula is C17H24N2O2. The van der Waals surface area contributed by atoms with Crippen molar-refractivity contribution in [2.45, 2.75) is 45.9 Å². The fraction of sp³-hybridized carbons (Fsp3) is 0.471. The van der Waals surface area contributed by atoms with Crippen LogP contribution in [0.5, 0.6) is 0 Å². The van der Waals surface area contributed by atoms with Gasteiger partial charge >= 0.3 is 0 Å². The van der Waals surface area contributed by atoms with Crippen molar-refractivity contribution in [2.24, 2.45) is 0 Å². The van der Waals surface area contributed by atoms with Gasteiger partial charge in [-0.1, -0.05) is 44.2 Å². The third kappa shape index (κ3) is 4.69. The average Bonchev–Trinajstić information content (AvgIpc) is 2.90. The molecule has 1 aromatic carbocycles. The van der Waals surface area contributed by atoms with E-state index in [1.807, 2.05) is 35.0 Å². The minimum Gasteiger partial charge on any atom is -0.389 e. The second kappa shape index (κ2) is 7.96. The Labute approximate surface area is 126 Å². The van der Waals surface area contributed by atoms with Gasteiger partial charge in [0.25, 0.3) is 0 Å². The highest BCUT2D eigenvalue weighted by Crippen LogP contribution is 2.08. The molecule has 4 heteroatoms. The summed E-state index contributed by atoms with van der Waals surface area (Å²) in [6.45, 7) is 5.52. The highest BCUT2D eigenvalue weighted by molar-refractivity contribution is 5.13. The van der Waals surface area contributed by atoms with Crippen LogP contribution in [-0.4, -0.2) is 27.6 Å². The van der Waals surface area contributed by atoms with E-state index in [1.165, 1.54) is 0 Å². The standard InChI is InChI=1S/C17H24N2O2/c1-3-15-10-16(4-2)19(18-15)11-17(20)13-21-12-14-8-6-5-7-9-14/h5-10,17,20H,3-4,11-13H2,1-2H3. The molecule has 4 nitrogen and oxygen atoms in total. The van der Waals surface area contributed by atoms with Crippen molar-refractivity contribution in [3.8, 4) is 0 Å². The van der Waals surface area contributed by atoms with E-state index in [0.29, 0.717) is 19.8 Å². The molecule has 0 aliphatic carbocycles. The molecule has 21 heavy (non-hydrogen) atoms. The van der Waals surface area contributed by atoms with Gasteiger partial charge in [-0.2, -0.15) is 5.10 Å². The zero-order valence-corrected chi connectivity index (χ0v) is 12.8. The molecule has 1 atom stereocenters. The average molecular weight is 288 g/mol. The smallest absolute Gasteiger partial charge is 0.0969 e. The second-order valence-electron chi connectivity index (χ2n) is 5.17. The van der Waals surface area contributed by atoms with Gasteiger partial charge < -0.3 is 9.84 Å². The second-order valence-corrected chi connectivity index (χ2v) is 5.17. The summed E-state index contributed by atoms with van der Waals surface area (Å²) in [6, 6.07) is 12.1. The van der Waals surface area contributed by atoms with Crippen LogP contribution in [0.1, 0.15) is 30.8 Å². The van der Waals surface area contributed by atoms with Crippen LogP contribution in [0.3, 0.4) is 0 Å². The van der Waals surface area contributed by atoms with Gasteiger partial charge in [0, 0.05) is 5.69 Å². The third-order valence-corrected chi connectivity index (χ3v) is 3.44. The first kappa shape index (κ1) is 15.7. The summed E-state index contributed by atoms with van der Waals surface area (Å²) in [7, 11) is 0. The van der Waals surface area contributed by atoms with Crippen LogP contribution in [-0.2, 0) is 30.7 Å². The maximum absolute atomic E-state index is 10.1. The summed E-state index contributed by atoms with van der Waals surface area (Å²) in [5.41, 5.74) is 3.35. The first-order chi connectivity index (χ1) is 10.2. The Morgan fingerprint density at radius 1 is 1.19 bits per heavy atom. The molecule has 0 bridgehead atoms. The highest BCUT2D eigenvalue weighted by atomic mass is 16.5. The van der Waals surface area contributed by atoms with Crippen molar-refractivity contribution < 1.29 is 9.84 Å². The number of aryl methyl sites for hydroxylation is 2. The first-order valence-electron chi connectivity index (χ1n) is 7.58. The number of aliphatic hydroxyl groups excluding tert-OH is 1. The monoisotopic (exact) mass is 288 g/mol. The zero-order chi connectivity index (χ0) is 15.1. The summed E-state index contributed by atoms with van der Waals surface area (Å²) >= 11 is 0. The van der Waals surface area contributed by atoms with E-state index in [2.05, 4.69) is 25.0 Å². The predicted octanol–water partition coefficient (Wildman–Crippen LogP) is 2.59. The van der Waals surface area contributed by atoms with Crippen molar-refractivity contribution >= 4 is 0 Å². The Morgan fingerprint density at radius 2 is 1.95 bits per heavy atom. The quantitative estimate of drug-likeness (QED) is 0.812. The van der Waals surface area contributed by atoms with Gasteiger partial charge in [0.1, 0.15) is 0 Å². The molecule has 1 N–H and O–H groups in total. The maximum atomic E-state index is 10.1. The van der Waals surface area contributed by atoms with Crippen LogP contribution in [0.25, 0.3) is 0 Å². The van der Waals surface area contributed by atoms with Gasteiger partial charge in [0.2, 0.25) is 0 Å². The van der Waals surface area contributed by atoms with E-state index in [0.717, 1.165) is 29.8 Å². The molecule has 0 saturated heterocycles. The van der Waals surface area contributed by atoms with Gasteiger partial charge in [-0.3, -0.25) is 4.68 Å². The van der Waals surface area contributed by atoms with Gasteiger partial charge in [-0.15, -0.1) is 0 Å². The molecule has 0 aliphatic heterocycles. The van der Waals surface area contributed by atoms with E-state index in [9.17, 15) is 5.11 Å². The summed E-state index contributed by atoms with van der Waals surface area (Å²) in [6.07, 6.45) is 1.30. The Balaban J connectivity index is 1.81. The van der Waals surface area contributed by atoms with Gasteiger partial charge in [0.05, 0.1) is 31.6 Å². The number of aliphatic hydroxyl groups is 1. The molecule has 0 amide bonds. The van der Waals surface area contributed by atoms with Crippen LogP contribution in [0.15, 0.2) is 36.4 Å². The lowest BCUT2D eigenvalue weighted by molar-refractivity contribution is 0.0183. The predicted molar refractivity (Wildman–Crippen MR) is 83.1 cm³/mol. The van der Waals surface area contributed by atoms with Gasteiger partial charge in [-0.25, -0.2) is 0 Å². The van der Waals surface area contributed by atoms with Crippen LogP contribution in [0.4, 0.5) is 0 Å². The molecule has 0 fully saturated rings. The number of ether oxygens (including phenoxy) is 1. The third-order valence-electron chi connectivity index (χ3n) is 3.44. The van der Waals surface area contributed by atoms with Crippen molar-refractivity contribution in [3.63, 3.8) is 0 Å². The van der Waals surface area contributed by atoms with E-state index in [4.69, 9.17) is 4.74 Å². The first-order valence-corrected chi connectivity index (χ1v) is 7.58. The molecule has 1 unspecified atom stereocenters. The molecule has 114 valence electrons. The van der Waals surface area contributed by atoms with Crippen molar-refractivity contribution in [3.05, 3.63) is 53.3 Å². The largest absolute Gasteiger partial charge is 0.389 e. The minimum atomic E-state index is -0.538. The number of hydrogen-bond donors (Lipinski definition) is 1. The summed E-state index contributed by atoms with van der Waals surface area (Å²) < 4.78 is 7.47. The van der Waals surface area contributed by atoms with Crippen LogP contribution in [0.2, 0.25) is 0 Å². The molecule has 0 spiro atoms. The molecule has 0 saturated carbocycles. The topological polar surface area (TPSA) is 47.3 Å². The Morgan fingerprint density at radius 3 is 2.62 bits per heavy atom. The van der Waals surface area contributed by atoms with E-state index >= 15 is 0 Å². The van der Waals surface area contributed by atoms with Crippen molar-refractivity contribution in [2.75, 3.05) is 6.61 Å². The van der Waals surface area contributed by atoms with Crippen LogP contribution in [0, 0.1) is 0 Å². The van der Waals surface area contributed by atoms with E-state index in [-0.39, 0.29) is 0 Å². The number of hydrogen-bond acceptors (Lipinski definition) is 3. The fourth-order valence-corrected chi connectivity index (χ4v) is 2.27. The summed E-state index contributed by atoms with van der Waals surface area (Å²) in [4.78, 5) is 0. The summed E-state index contributed by atoms with van der Waals surface area (Å²) in [5, 5.41) is 14.6. The van der Waals surface area contributed by atoms with E-state index in [1.54, 1.807) is 0 Å². The molecule has 2 aromatic rings. The Bertz CT molecular complexity index is 537. The summed E-state index contributed by atoms with van der Waals surface area (Å²) in [5.74, 6) is 0. The number of aromatic nitrogens is 2. The number of benzene rings is 1. The zero-order valence-electron chi connectivity index (χ0n) is 12.8. The van der Waals surface area contributed by atoms with Gasteiger partial charge in [0.15, 0.2) is 0 Å². The molecule has 1 aromatic heterocycles. The van der Waals surface area contributed by atoms with Crippen molar-refractivity contribution in [1.29, 1.82) is 0 Å². The van der Waals surface area contributed by atoms with Gasteiger partial charge in [-0.05, 0) is 24.5 Å². The molecule has 1 heterocycles. The van der Waals surface area contributed by atoms with Crippen LogP contribution < -0.4 is 0 Å². The van der Waals surface area contributed by atoms with E-state index < -0.39 is 6.10 Å². The Hall–Kier alpha value is -1.65. The molecule has 0 aliphatic rings. The molecular weight excluding hydrogens is 264 g/mol.